The van der Waals surface area contributed by atoms with Gasteiger partial charge in [0.2, 0.25) is 5.91 Å². The summed E-state index contributed by atoms with van der Waals surface area (Å²) >= 11 is 0. The Hall–Kier alpha value is -3.64. The van der Waals surface area contributed by atoms with E-state index in [0.717, 1.165) is 6.42 Å². The number of ether oxygens (including phenoxy) is 2. The minimum Gasteiger partial charge on any atom is -0.490 e. The number of carbonyl (C=O) groups is 3. The van der Waals surface area contributed by atoms with Crippen LogP contribution >= 0.6 is 0 Å². The number of aliphatic hydroxyl groups is 1. The van der Waals surface area contributed by atoms with Crippen LogP contribution in [0.2, 0.25) is 0 Å². The van der Waals surface area contributed by atoms with E-state index in [2.05, 4.69) is 5.32 Å². The zero-order valence-electron chi connectivity index (χ0n) is 26.3. The van der Waals surface area contributed by atoms with Gasteiger partial charge in [0, 0.05) is 50.3 Å². The monoisotopic (exact) mass is 635 g/mol. The predicted octanol–water partition coefficient (Wildman–Crippen LogP) is 5.54. The Morgan fingerprint density at radius 1 is 1.13 bits per heavy atom. The van der Waals surface area contributed by atoms with Gasteiger partial charge in [0.1, 0.15) is 5.75 Å². The Bertz CT molecular complexity index is 1280. The van der Waals surface area contributed by atoms with Crippen LogP contribution in [0.25, 0.3) is 0 Å². The maximum atomic E-state index is 14.2. The Kier molecular flexibility index (Phi) is 13.2. The molecule has 1 aliphatic rings. The molecule has 1 heterocycles. The van der Waals surface area contributed by atoms with Gasteiger partial charge in [0.15, 0.2) is 0 Å². The number of fused-ring (bicyclic) bond motifs is 1. The van der Waals surface area contributed by atoms with Crippen LogP contribution in [-0.2, 0) is 9.53 Å². The molecule has 1 aliphatic heterocycles. The fourth-order valence-electron chi connectivity index (χ4n) is 5.07. The molecular weight excluding hydrogens is 591 g/mol. The summed E-state index contributed by atoms with van der Waals surface area (Å²) in [5, 5.41) is 12.9. The number of nitrogens with zero attached hydrogens (tertiary/aromatic N) is 2. The van der Waals surface area contributed by atoms with E-state index >= 15 is 0 Å². The molecule has 2 N–H and O–H groups in total. The lowest BCUT2D eigenvalue weighted by molar-refractivity contribution is -0.149. The molecule has 0 saturated heterocycles. The van der Waals surface area contributed by atoms with Crippen molar-refractivity contribution in [2.24, 2.45) is 5.92 Å². The number of amides is 3. The molecule has 0 unspecified atom stereocenters. The summed E-state index contributed by atoms with van der Waals surface area (Å²) in [5.41, 5.74) is 1.04. The predicted molar refractivity (Wildman–Crippen MR) is 164 cm³/mol. The van der Waals surface area contributed by atoms with E-state index in [1.807, 2.05) is 13.8 Å². The van der Waals surface area contributed by atoms with Crippen molar-refractivity contribution in [3.8, 4) is 5.75 Å². The Morgan fingerprint density at radius 2 is 1.84 bits per heavy atom. The molecule has 9 nitrogen and oxygen atoms in total. The summed E-state index contributed by atoms with van der Waals surface area (Å²) in [6.45, 7) is 5.61. The van der Waals surface area contributed by atoms with Gasteiger partial charge in [-0.25, -0.2) is 0 Å². The van der Waals surface area contributed by atoms with E-state index in [-0.39, 0.29) is 43.2 Å². The Morgan fingerprint density at radius 3 is 2.51 bits per heavy atom. The largest absolute Gasteiger partial charge is 0.490 e. The van der Waals surface area contributed by atoms with Crippen molar-refractivity contribution in [2.75, 3.05) is 38.7 Å². The summed E-state index contributed by atoms with van der Waals surface area (Å²) in [4.78, 5) is 42.3. The highest BCUT2D eigenvalue weighted by Gasteiger charge is 2.32. The van der Waals surface area contributed by atoms with Crippen molar-refractivity contribution in [3.05, 3.63) is 59.7 Å². The molecule has 0 aliphatic carbocycles. The van der Waals surface area contributed by atoms with Crippen LogP contribution in [0.1, 0.15) is 73.6 Å². The number of hydrogen-bond acceptors (Lipinski definition) is 6. The van der Waals surface area contributed by atoms with Crippen LogP contribution in [0.15, 0.2) is 48.5 Å². The van der Waals surface area contributed by atoms with Gasteiger partial charge in [-0.2, -0.15) is 13.2 Å². The zero-order valence-corrected chi connectivity index (χ0v) is 26.3. The zero-order chi connectivity index (χ0) is 33.1. The van der Waals surface area contributed by atoms with Gasteiger partial charge in [-0.3, -0.25) is 14.4 Å². The highest BCUT2D eigenvalue weighted by Crippen LogP contribution is 2.29. The molecule has 2 aromatic carbocycles. The van der Waals surface area contributed by atoms with E-state index in [1.165, 1.54) is 16.8 Å². The van der Waals surface area contributed by atoms with Crippen molar-refractivity contribution >= 4 is 23.4 Å². The minimum atomic E-state index is -4.44. The number of carbonyl (C=O) groups excluding carboxylic acids is 3. The van der Waals surface area contributed by atoms with Crippen LogP contribution in [0.5, 0.6) is 5.75 Å². The van der Waals surface area contributed by atoms with Gasteiger partial charge in [0.25, 0.3) is 11.8 Å². The van der Waals surface area contributed by atoms with Gasteiger partial charge >= 0.3 is 6.18 Å². The standard InChI is InChI=1S/C33H44F3N3O6/c1-22-19-39(23(2)21-40)32(43)27-18-26(37-31(42)25-11-6-5-7-12-25)13-14-28(27)45-24(3)10-8-9-17-44-29(22)20-38(4)30(41)15-16-33(34,35)36/h5-7,11-14,18,22-24,29,40H,8-10,15-17,19-21H2,1-4H3,(H,37,42)/t22-,23+,24+,29-/m1/s1. The molecule has 0 fully saturated rings. The van der Waals surface area contributed by atoms with E-state index in [1.54, 1.807) is 55.5 Å². The fraction of sp³-hybridized carbons (Fsp3) is 0.545. The van der Waals surface area contributed by atoms with Gasteiger partial charge < -0.3 is 29.7 Å². The van der Waals surface area contributed by atoms with E-state index in [9.17, 15) is 32.7 Å². The fourth-order valence-corrected chi connectivity index (χ4v) is 5.07. The minimum absolute atomic E-state index is 0.0408. The second-order valence-electron chi connectivity index (χ2n) is 11.7. The molecule has 0 spiro atoms. The number of rotatable bonds is 8. The molecule has 45 heavy (non-hydrogen) atoms. The smallest absolute Gasteiger partial charge is 0.389 e. The molecule has 0 radical (unpaired) electrons. The molecule has 2 aromatic rings. The lowest BCUT2D eigenvalue weighted by atomic mass is 10.0. The van der Waals surface area contributed by atoms with Crippen molar-refractivity contribution in [2.45, 2.75) is 77.3 Å². The van der Waals surface area contributed by atoms with Crippen LogP contribution in [0.3, 0.4) is 0 Å². The van der Waals surface area contributed by atoms with Crippen LogP contribution < -0.4 is 10.1 Å². The molecule has 0 bridgehead atoms. The van der Waals surface area contributed by atoms with E-state index in [4.69, 9.17) is 9.47 Å². The van der Waals surface area contributed by atoms with Gasteiger partial charge in [-0.1, -0.05) is 25.1 Å². The first-order chi connectivity index (χ1) is 21.3. The van der Waals surface area contributed by atoms with Crippen molar-refractivity contribution in [3.63, 3.8) is 0 Å². The summed E-state index contributed by atoms with van der Waals surface area (Å²) in [5.74, 6) is -1.46. The molecule has 248 valence electrons. The second-order valence-corrected chi connectivity index (χ2v) is 11.7. The quantitative estimate of drug-likeness (QED) is 0.395. The van der Waals surface area contributed by atoms with Crippen molar-refractivity contribution < 1.29 is 42.1 Å². The molecule has 12 heteroatoms. The van der Waals surface area contributed by atoms with Crippen molar-refractivity contribution in [1.82, 2.24) is 9.80 Å². The number of alkyl halides is 3. The van der Waals surface area contributed by atoms with Gasteiger partial charge in [-0.15, -0.1) is 0 Å². The number of aliphatic hydroxyl groups excluding tert-OH is 1. The van der Waals surface area contributed by atoms with E-state index < -0.39 is 43.0 Å². The Labute approximate surface area is 262 Å². The number of anilines is 1. The molecule has 0 saturated carbocycles. The summed E-state index contributed by atoms with van der Waals surface area (Å²) in [6.07, 6.45) is -5.03. The molecule has 0 aromatic heterocycles. The number of halogens is 3. The number of likely N-dealkylation sites (N-methyl/N-ethyl adjacent to an activating group) is 1. The molecular formula is C33H44F3N3O6. The summed E-state index contributed by atoms with van der Waals surface area (Å²) in [7, 11) is 1.44. The van der Waals surface area contributed by atoms with Gasteiger partial charge in [-0.05, 0) is 63.4 Å². The first kappa shape index (κ1) is 35.8. The lowest BCUT2D eigenvalue weighted by Gasteiger charge is -2.36. The van der Waals surface area contributed by atoms with Crippen LogP contribution in [-0.4, -0.2) is 90.4 Å². The maximum Gasteiger partial charge on any atom is 0.389 e. The topological polar surface area (TPSA) is 108 Å². The third-order valence-electron chi connectivity index (χ3n) is 7.85. The maximum absolute atomic E-state index is 14.2. The third-order valence-corrected chi connectivity index (χ3v) is 7.85. The highest BCUT2D eigenvalue weighted by atomic mass is 19.4. The van der Waals surface area contributed by atoms with E-state index in [0.29, 0.717) is 36.4 Å². The normalized spacial score (nSPS) is 20.8. The first-order valence-electron chi connectivity index (χ1n) is 15.3. The summed E-state index contributed by atoms with van der Waals surface area (Å²) < 4.78 is 50.5. The van der Waals surface area contributed by atoms with Crippen LogP contribution in [0.4, 0.5) is 18.9 Å². The average molecular weight is 636 g/mol. The Balaban J connectivity index is 1.91. The summed E-state index contributed by atoms with van der Waals surface area (Å²) in [6, 6.07) is 12.9. The molecule has 3 amide bonds. The number of benzene rings is 2. The average Bonchev–Trinajstić information content (AvgIpc) is 3.01. The van der Waals surface area contributed by atoms with Crippen molar-refractivity contribution in [1.29, 1.82) is 0 Å². The molecule has 4 atom stereocenters. The lowest BCUT2D eigenvalue weighted by Crippen LogP contribution is -2.48. The first-order valence-corrected chi connectivity index (χ1v) is 15.3. The molecule has 3 rings (SSSR count). The third kappa shape index (κ3) is 11.0. The van der Waals surface area contributed by atoms with Crippen LogP contribution in [0, 0.1) is 5.92 Å². The SMILES string of the molecule is C[C@@H]1CN([C@@H](C)CO)C(=O)c2cc(NC(=O)c3ccccc3)ccc2O[C@@H](C)CCCCO[C@@H]1CN(C)C(=O)CCC(F)(F)F. The second kappa shape index (κ2) is 16.6. The highest BCUT2D eigenvalue weighted by molar-refractivity contribution is 6.05. The number of hydrogen-bond donors (Lipinski definition) is 2. The number of nitrogens with one attached hydrogen (secondary N) is 1. The van der Waals surface area contributed by atoms with Gasteiger partial charge in [0.05, 0.1) is 36.8 Å².